The number of halogens is 1. The minimum atomic E-state index is -0.330. The molecule has 1 heterocycles. The maximum atomic E-state index is 13.0. The summed E-state index contributed by atoms with van der Waals surface area (Å²) in [7, 11) is 1.59. The van der Waals surface area contributed by atoms with Crippen molar-refractivity contribution in [2.24, 2.45) is 0 Å². The highest BCUT2D eigenvalue weighted by atomic mass is 32.2. The number of ether oxygens (including phenoxy) is 2. The van der Waals surface area contributed by atoms with Crippen LogP contribution in [0.25, 0.3) is 0 Å². The summed E-state index contributed by atoms with van der Waals surface area (Å²) in [4.78, 5) is 12.3. The Balaban J connectivity index is 1.58. The van der Waals surface area contributed by atoms with Gasteiger partial charge in [0.15, 0.2) is 11.0 Å². The largest absolute Gasteiger partial charge is 0.497 e. The quantitative estimate of drug-likeness (QED) is 0.390. The van der Waals surface area contributed by atoms with Crippen molar-refractivity contribution in [2.75, 3.05) is 18.2 Å². The Hall–Kier alpha value is -3.33. The van der Waals surface area contributed by atoms with Crippen molar-refractivity contribution in [3.63, 3.8) is 0 Å². The molecule has 1 aromatic heterocycles. The summed E-state index contributed by atoms with van der Waals surface area (Å²) in [6.45, 7) is 4.38. The van der Waals surface area contributed by atoms with Gasteiger partial charge in [-0.15, -0.1) is 16.8 Å². The maximum Gasteiger partial charge on any atom is 0.234 e. The molecule has 2 aromatic carbocycles. The van der Waals surface area contributed by atoms with E-state index in [0.29, 0.717) is 29.0 Å². The molecule has 0 unspecified atom stereocenters. The van der Waals surface area contributed by atoms with E-state index in [9.17, 15) is 9.18 Å². The molecule has 0 spiro atoms. The van der Waals surface area contributed by atoms with Gasteiger partial charge in [0.25, 0.3) is 0 Å². The van der Waals surface area contributed by atoms with Gasteiger partial charge in [-0.2, -0.15) is 0 Å². The molecule has 0 saturated carbocycles. The summed E-state index contributed by atoms with van der Waals surface area (Å²) in [5, 5.41) is 11.7. The lowest BCUT2D eigenvalue weighted by Gasteiger charge is -2.09. The fraction of sp³-hybridized carbons (Fsp3) is 0.190. The number of amides is 1. The van der Waals surface area contributed by atoms with Crippen molar-refractivity contribution in [1.29, 1.82) is 0 Å². The monoisotopic (exact) mass is 428 g/mol. The first-order valence-corrected chi connectivity index (χ1v) is 10.1. The number of methoxy groups -OCH3 is 1. The first kappa shape index (κ1) is 21.4. The SMILES string of the molecule is C=CCn1c(COc2ccc(F)cc2)nnc1SCC(=O)Nc1ccc(OC)cc1. The molecule has 0 aliphatic rings. The third-order valence-corrected chi connectivity index (χ3v) is 4.96. The van der Waals surface area contributed by atoms with Crippen LogP contribution in [-0.2, 0) is 17.9 Å². The van der Waals surface area contributed by atoms with Crippen LogP contribution in [0, 0.1) is 5.82 Å². The van der Waals surface area contributed by atoms with Crippen LogP contribution in [0.3, 0.4) is 0 Å². The third-order valence-electron chi connectivity index (χ3n) is 3.99. The Morgan fingerprint density at radius 3 is 2.53 bits per heavy atom. The van der Waals surface area contributed by atoms with Crippen LogP contribution in [-0.4, -0.2) is 33.5 Å². The number of hydrogen-bond acceptors (Lipinski definition) is 6. The third kappa shape index (κ3) is 5.84. The summed E-state index contributed by atoms with van der Waals surface area (Å²) in [6.07, 6.45) is 1.71. The maximum absolute atomic E-state index is 13.0. The molecule has 9 heteroatoms. The van der Waals surface area contributed by atoms with Crippen molar-refractivity contribution in [2.45, 2.75) is 18.3 Å². The molecule has 0 bridgehead atoms. The van der Waals surface area contributed by atoms with Gasteiger partial charge in [0.2, 0.25) is 5.91 Å². The van der Waals surface area contributed by atoms with Crippen LogP contribution < -0.4 is 14.8 Å². The van der Waals surface area contributed by atoms with Crippen LogP contribution in [0.4, 0.5) is 10.1 Å². The summed E-state index contributed by atoms with van der Waals surface area (Å²) < 4.78 is 25.6. The molecule has 3 rings (SSSR count). The Kier molecular flexibility index (Phi) is 7.45. The van der Waals surface area contributed by atoms with E-state index in [2.05, 4.69) is 22.1 Å². The second kappa shape index (κ2) is 10.4. The number of rotatable bonds is 10. The van der Waals surface area contributed by atoms with Crippen LogP contribution in [0.1, 0.15) is 5.82 Å². The zero-order chi connectivity index (χ0) is 21.3. The molecule has 0 fully saturated rings. The lowest BCUT2D eigenvalue weighted by Crippen LogP contribution is -2.15. The number of carbonyl (C=O) groups is 1. The molecule has 30 heavy (non-hydrogen) atoms. The molecule has 156 valence electrons. The molecular formula is C21H21FN4O3S. The van der Waals surface area contributed by atoms with Gasteiger partial charge in [-0.05, 0) is 48.5 Å². The summed E-state index contributed by atoms with van der Waals surface area (Å²) in [6, 6.07) is 12.8. The van der Waals surface area contributed by atoms with Crippen molar-refractivity contribution in [3.8, 4) is 11.5 Å². The van der Waals surface area contributed by atoms with Crippen LogP contribution in [0.5, 0.6) is 11.5 Å². The van der Waals surface area contributed by atoms with Crippen molar-refractivity contribution in [1.82, 2.24) is 14.8 Å². The Morgan fingerprint density at radius 2 is 1.87 bits per heavy atom. The summed E-state index contributed by atoms with van der Waals surface area (Å²) >= 11 is 1.27. The number of thioether (sulfide) groups is 1. The lowest BCUT2D eigenvalue weighted by atomic mass is 10.3. The highest BCUT2D eigenvalue weighted by Crippen LogP contribution is 2.20. The minimum Gasteiger partial charge on any atom is -0.497 e. The molecule has 0 aliphatic heterocycles. The molecule has 1 amide bonds. The van der Waals surface area contributed by atoms with Gasteiger partial charge in [0.1, 0.15) is 23.9 Å². The van der Waals surface area contributed by atoms with E-state index in [1.54, 1.807) is 49.6 Å². The van der Waals surface area contributed by atoms with E-state index in [-0.39, 0.29) is 24.1 Å². The van der Waals surface area contributed by atoms with Crippen LogP contribution in [0.15, 0.2) is 66.3 Å². The number of hydrogen-bond donors (Lipinski definition) is 1. The fourth-order valence-corrected chi connectivity index (χ4v) is 3.29. The summed E-state index contributed by atoms with van der Waals surface area (Å²) in [5.74, 6) is 1.50. The van der Waals surface area contributed by atoms with Gasteiger partial charge < -0.3 is 14.8 Å². The topological polar surface area (TPSA) is 78.3 Å². The van der Waals surface area contributed by atoms with Gasteiger partial charge in [0.05, 0.1) is 12.9 Å². The van der Waals surface area contributed by atoms with E-state index in [1.807, 2.05) is 4.57 Å². The average Bonchev–Trinajstić information content (AvgIpc) is 3.14. The lowest BCUT2D eigenvalue weighted by molar-refractivity contribution is -0.113. The molecule has 0 radical (unpaired) electrons. The Morgan fingerprint density at radius 1 is 1.17 bits per heavy atom. The second-order valence-electron chi connectivity index (χ2n) is 6.11. The zero-order valence-electron chi connectivity index (χ0n) is 16.4. The van der Waals surface area contributed by atoms with Gasteiger partial charge in [-0.25, -0.2) is 4.39 Å². The predicted molar refractivity (Wildman–Crippen MR) is 113 cm³/mol. The van der Waals surface area contributed by atoms with Gasteiger partial charge >= 0.3 is 0 Å². The number of carbonyl (C=O) groups excluding carboxylic acids is 1. The van der Waals surface area contributed by atoms with Crippen LogP contribution >= 0.6 is 11.8 Å². The summed E-state index contributed by atoms with van der Waals surface area (Å²) in [5.41, 5.74) is 0.683. The zero-order valence-corrected chi connectivity index (χ0v) is 17.2. The smallest absolute Gasteiger partial charge is 0.234 e. The van der Waals surface area contributed by atoms with E-state index in [1.165, 1.54) is 23.9 Å². The molecule has 1 N–H and O–H groups in total. The standard InChI is InChI=1S/C21H21FN4O3S/c1-3-12-26-19(13-29-18-8-4-15(22)5-9-18)24-25-21(26)30-14-20(27)23-16-6-10-17(28-2)11-7-16/h3-11H,1,12-14H2,2H3,(H,23,27). The Bertz CT molecular complexity index is 990. The molecule has 0 saturated heterocycles. The highest BCUT2D eigenvalue weighted by molar-refractivity contribution is 7.99. The van der Waals surface area contributed by atoms with Crippen molar-refractivity contribution >= 4 is 23.4 Å². The molecule has 7 nitrogen and oxygen atoms in total. The van der Waals surface area contributed by atoms with Gasteiger partial charge in [-0.1, -0.05) is 17.8 Å². The van der Waals surface area contributed by atoms with Crippen molar-refractivity contribution in [3.05, 3.63) is 72.8 Å². The number of benzene rings is 2. The molecule has 0 atom stereocenters. The van der Waals surface area contributed by atoms with Gasteiger partial charge in [-0.3, -0.25) is 9.36 Å². The fourth-order valence-electron chi connectivity index (χ4n) is 2.53. The van der Waals surface area contributed by atoms with E-state index in [0.717, 1.165) is 5.75 Å². The van der Waals surface area contributed by atoms with Crippen molar-refractivity contribution < 1.29 is 18.7 Å². The van der Waals surface area contributed by atoms with E-state index < -0.39 is 0 Å². The first-order chi connectivity index (χ1) is 14.6. The average molecular weight is 428 g/mol. The van der Waals surface area contributed by atoms with Crippen LogP contribution in [0.2, 0.25) is 0 Å². The molecule has 3 aromatic rings. The Labute approximate surface area is 177 Å². The van der Waals surface area contributed by atoms with E-state index in [4.69, 9.17) is 9.47 Å². The number of anilines is 1. The number of nitrogens with zero attached hydrogens (tertiary/aromatic N) is 3. The normalized spacial score (nSPS) is 10.5. The minimum absolute atomic E-state index is 0.158. The number of nitrogens with one attached hydrogen (secondary N) is 1. The second-order valence-corrected chi connectivity index (χ2v) is 7.05. The number of aromatic nitrogens is 3. The molecular weight excluding hydrogens is 407 g/mol. The predicted octanol–water partition coefficient (Wildman–Crippen LogP) is 3.92. The first-order valence-electron chi connectivity index (χ1n) is 9.07. The van der Waals surface area contributed by atoms with Gasteiger partial charge in [0, 0.05) is 12.2 Å². The highest BCUT2D eigenvalue weighted by Gasteiger charge is 2.14. The molecule has 0 aliphatic carbocycles. The van der Waals surface area contributed by atoms with E-state index >= 15 is 0 Å². The number of allylic oxidation sites excluding steroid dienone is 1.